The smallest absolute Gasteiger partial charge is 0.342 e. The van der Waals surface area contributed by atoms with Gasteiger partial charge < -0.3 is 9.47 Å². The number of halogens is 1. The Morgan fingerprint density at radius 2 is 2.22 bits per heavy atom. The average Bonchev–Trinajstić information content (AvgIpc) is 2.71. The lowest BCUT2D eigenvalue weighted by Crippen LogP contribution is -2.01. The van der Waals surface area contributed by atoms with E-state index in [1.165, 1.54) is 17.1 Å². The summed E-state index contributed by atoms with van der Waals surface area (Å²) < 4.78 is 12.1. The monoisotopic (exact) mass is 269 g/mol. The minimum Gasteiger partial charge on any atom is -0.404 e. The highest BCUT2D eigenvalue weighted by atomic mass is 35.5. The van der Waals surface area contributed by atoms with Crippen LogP contribution in [0.3, 0.4) is 0 Å². The highest BCUT2D eigenvalue weighted by molar-refractivity contribution is 6.29. The fourth-order valence-corrected chi connectivity index (χ4v) is 1.40. The predicted molar refractivity (Wildman–Crippen MR) is 63.4 cm³/mol. The molecule has 0 atom stereocenters. The van der Waals surface area contributed by atoms with Crippen LogP contribution in [0.15, 0.2) is 12.4 Å². The van der Waals surface area contributed by atoms with Gasteiger partial charge in [0.15, 0.2) is 5.82 Å². The van der Waals surface area contributed by atoms with Crippen LogP contribution in [0.25, 0.3) is 0 Å². The molecule has 0 aliphatic rings. The molecule has 0 N–H and O–H groups in total. The van der Waals surface area contributed by atoms with Gasteiger partial charge in [-0.25, -0.2) is 4.98 Å². The molecule has 18 heavy (non-hydrogen) atoms. The van der Waals surface area contributed by atoms with E-state index in [2.05, 4.69) is 20.1 Å². The van der Waals surface area contributed by atoms with Gasteiger partial charge in [0.25, 0.3) is 0 Å². The molecule has 0 fully saturated rings. The minimum atomic E-state index is 0.203. The van der Waals surface area contributed by atoms with Crippen LogP contribution in [-0.4, -0.2) is 31.3 Å². The Morgan fingerprint density at radius 1 is 1.39 bits per heavy atom. The second-order valence-electron chi connectivity index (χ2n) is 3.39. The van der Waals surface area contributed by atoms with Gasteiger partial charge in [-0.05, 0) is 6.92 Å². The van der Waals surface area contributed by atoms with E-state index in [0.717, 1.165) is 0 Å². The number of rotatable bonds is 5. The van der Waals surface area contributed by atoms with Crippen LogP contribution in [0.1, 0.15) is 12.7 Å². The third-order valence-corrected chi connectivity index (χ3v) is 2.12. The number of aryl methyl sites for hydroxylation is 1. The van der Waals surface area contributed by atoms with E-state index in [1.807, 2.05) is 6.92 Å². The van der Waals surface area contributed by atoms with E-state index in [4.69, 9.17) is 21.1 Å². The maximum absolute atomic E-state index is 5.87. The number of hydrogen-bond acceptors (Lipinski definition) is 6. The average molecular weight is 270 g/mol. The summed E-state index contributed by atoms with van der Waals surface area (Å²) in [6.45, 7) is 2.75. The lowest BCUT2D eigenvalue weighted by Gasteiger charge is -2.04. The Balaban J connectivity index is 2.14. The van der Waals surface area contributed by atoms with Gasteiger partial charge in [-0.3, -0.25) is 4.68 Å². The van der Waals surface area contributed by atoms with E-state index >= 15 is 0 Å². The Morgan fingerprint density at radius 3 is 2.89 bits per heavy atom. The summed E-state index contributed by atoms with van der Waals surface area (Å²) in [5, 5.41) is 4.26. The topological polar surface area (TPSA) is 75.0 Å². The van der Waals surface area contributed by atoms with Crippen LogP contribution in [-0.2, 0) is 18.4 Å². The lowest BCUT2D eigenvalue weighted by molar-refractivity contribution is 0.127. The molecule has 2 rings (SSSR count). The molecule has 8 heteroatoms. The van der Waals surface area contributed by atoms with Gasteiger partial charge in [0.1, 0.15) is 18.1 Å². The van der Waals surface area contributed by atoms with Gasteiger partial charge in [-0.2, -0.15) is 9.97 Å². The largest absolute Gasteiger partial charge is 0.404 e. The highest BCUT2D eigenvalue weighted by Gasteiger charge is 2.08. The first kappa shape index (κ1) is 12.7. The van der Waals surface area contributed by atoms with Gasteiger partial charge in [-0.1, -0.05) is 11.6 Å². The molecule has 0 aliphatic carbocycles. The zero-order chi connectivity index (χ0) is 13.0. The van der Waals surface area contributed by atoms with Crippen molar-refractivity contribution in [3.63, 3.8) is 0 Å². The van der Waals surface area contributed by atoms with Crippen LogP contribution in [0.5, 0.6) is 11.9 Å². The van der Waals surface area contributed by atoms with Crippen molar-refractivity contribution in [2.45, 2.75) is 13.5 Å². The molecule has 0 aliphatic heterocycles. The van der Waals surface area contributed by atoms with Crippen molar-refractivity contribution < 1.29 is 9.47 Å². The summed E-state index contributed by atoms with van der Waals surface area (Å²) in [6, 6.07) is 1.70. The summed E-state index contributed by atoms with van der Waals surface area (Å²) in [5.74, 6) is 0.742. The molecule has 0 spiro atoms. The van der Waals surface area contributed by atoms with Crippen LogP contribution >= 0.6 is 11.6 Å². The summed E-state index contributed by atoms with van der Waals surface area (Å²) >= 11 is 5.87. The van der Waals surface area contributed by atoms with Crippen molar-refractivity contribution in [2.75, 3.05) is 6.61 Å². The van der Waals surface area contributed by atoms with E-state index in [1.54, 1.807) is 7.05 Å². The molecule has 0 radical (unpaired) electrons. The van der Waals surface area contributed by atoms with E-state index in [-0.39, 0.29) is 23.7 Å². The fourth-order valence-electron chi connectivity index (χ4n) is 1.21. The van der Waals surface area contributed by atoms with Gasteiger partial charge in [-0.15, -0.1) is 5.10 Å². The molecular weight excluding hydrogens is 258 g/mol. The van der Waals surface area contributed by atoms with Crippen molar-refractivity contribution in [1.29, 1.82) is 0 Å². The third kappa shape index (κ3) is 3.38. The van der Waals surface area contributed by atoms with E-state index in [9.17, 15) is 0 Å². The molecule has 0 amide bonds. The van der Waals surface area contributed by atoms with E-state index in [0.29, 0.717) is 12.4 Å². The summed E-state index contributed by atoms with van der Waals surface area (Å²) in [5.41, 5.74) is 0. The molecule has 0 unspecified atom stereocenters. The summed E-state index contributed by atoms with van der Waals surface area (Å²) in [7, 11) is 1.74. The first-order chi connectivity index (χ1) is 8.67. The second-order valence-corrected chi connectivity index (χ2v) is 3.77. The van der Waals surface area contributed by atoms with Gasteiger partial charge >= 0.3 is 6.01 Å². The molecule has 0 aromatic carbocycles. The van der Waals surface area contributed by atoms with Crippen LogP contribution in [0.2, 0.25) is 5.15 Å². The Bertz CT molecular complexity index is 531. The number of hydrogen-bond donors (Lipinski definition) is 0. The van der Waals surface area contributed by atoms with Crippen molar-refractivity contribution >= 4 is 11.6 Å². The quantitative estimate of drug-likeness (QED) is 0.767. The maximum Gasteiger partial charge on any atom is 0.342 e. The molecule has 2 aromatic rings. The number of ether oxygens (including phenoxy) is 2. The lowest BCUT2D eigenvalue weighted by atomic mass is 10.5. The van der Waals surface area contributed by atoms with Gasteiger partial charge in [0, 0.05) is 19.7 Å². The number of aromatic nitrogens is 5. The zero-order valence-electron chi connectivity index (χ0n) is 10.00. The predicted octanol–water partition coefficient (Wildman–Crippen LogP) is 1.59. The molecule has 2 heterocycles. The number of nitrogens with zero attached hydrogens (tertiary/aromatic N) is 5. The third-order valence-electron chi connectivity index (χ3n) is 1.93. The van der Waals surface area contributed by atoms with Crippen LogP contribution in [0, 0.1) is 0 Å². The SMILES string of the molecule is CCOCc1nc(Cl)cc(Oc2ncn(C)n2)n1. The van der Waals surface area contributed by atoms with Crippen molar-refractivity contribution in [1.82, 2.24) is 24.7 Å². The molecule has 0 saturated carbocycles. The summed E-state index contributed by atoms with van der Waals surface area (Å²) in [4.78, 5) is 12.1. The van der Waals surface area contributed by atoms with Gasteiger partial charge in [0.05, 0.1) is 0 Å². The standard InChI is InChI=1S/C10H12ClN5O2/c1-3-17-5-8-13-7(11)4-9(14-8)18-10-12-6-16(2)15-10/h4,6H,3,5H2,1-2H3. The molecule has 2 aromatic heterocycles. The first-order valence-electron chi connectivity index (χ1n) is 5.32. The van der Waals surface area contributed by atoms with Crippen molar-refractivity contribution in [2.24, 2.45) is 7.05 Å². The van der Waals surface area contributed by atoms with Crippen molar-refractivity contribution in [3.8, 4) is 11.9 Å². The Labute approximate surface area is 109 Å². The van der Waals surface area contributed by atoms with Gasteiger partial charge in [0.2, 0.25) is 5.88 Å². The van der Waals surface area contributed by atoms with E-state index < -0.39 is 0 Å². The fraction of sp³-hybridized carbons (Fsp3) is 0.400. The highest BCUT2D eigenvalue weighted by Crippen LogP contribution is 2.18. The molecule has 0 bridgehead atoms. The maximum atomic E-state index is 5.87. The molecule has 96 valence electrons. The molecule has 0 saturated heterocycles. The Hall–Kier alpha value is -1.73. The zero-order valence-corrected chi connectivity index (χ0v) is 10.8. The van der Waals surface area contributed by atoms with Crippen LogP contribution in [0.4, 0.5) is 0 Å². The second kappa shape index (κ2) is 5.74. The van der Waals surface area contributed by atoms with Crippen molar-refractivity contribution in [3.05, 3.63) is 23.4 Å². The normalized spacial score (nSPS) is 10.6. The molecular formula is C10H12ClN5O2. The first-order valence-corrected chi connectivity index (χ1v) is 5.70. The summed E-state index contributed by atoms with van der Waals surface area (Å²) in [6.07, 6.45) is 1.53. The van der Waals surface area contributed by atoms with Crippen LogP contribution < -0.4 is 4.74 Å². The molecule has 7 nitrogen and oxygen atoms in total. The minimum absolute atomic E-state index is 0.203. The Kier molecular flexibility index (Phi) is 4.06.